The summed E-state index contributed by atoms with van der Waals surface area (Å²) in [6, 6.07) is 9.79. The molecule has 0 saturated heterocycles. The van der Waals surface area contributed by atoms with Crippen LogP contribution in [0.5, 0.6) is 0 Å². The second-order valence-electron chi connectivity index (χ2n) is 3.42. The molecule has 4 nitrogen and oxygen atoms in total. The minimum atomic E-state index is -0.0697. The van der Waals surface area contributed by atoms with Crippen LogP contribution >= 0.6 is 0 Å². The third kappa shape index (κ3) is 3.90. The zero-order valence-electron chi connectivity index (χ0n) is 9.52. The van der Waals surface area contributed by atoms with Crippen LogP contribution in [0.4, 0.5) is 5.69 Å². The van der Waals surface area contributed by atoms with Gasteiger partial charge in [0.05, 0.1) is 13.2 Å². The zero-order chi connectivity index (χ0) is 11.8. The van der Waals surface area contributed by atoms with E-state index < -0.39 is 0 Å². The molecule has 88 valence electrons. The molecule has 0 spiro atoms. The topological polar surface area (TPSA) is 52.6 Å². The number of amides is 1. The largest absolute Gasteiger partial charge is 0.395 e. The van der Waals surface area contributed by atoms with Crippen molar-refractivity contribution in [1.82, 2.24) is 5.32 Å². The highest BCUT2D eigenvalue weighted by Gasteiger charge is 2.08. The molecule has 1 aromatic carbocycles. The molecule has 0 bridgehead atoms. The van der Waals surface area contributed by atoms with Crippen LogP contribution in [0.2, 0.25) is 0 Å². The van der Waals surface area contributed by atoms with E-state index in [1.807, 2.05) is 42.2 Å². The predicted molar refractivity (Wildman–Crippen MR) is 64.4 cm³/mol. The molecule has 0 atom stereocenters. The standard InChI is InChI=1S/C12H18N2O2/c1-2-14(10-12(16)13-8-9-15)11-6-4-3-5-7-11/h3-7,15H,2,8-10H2,1H3,(H,13,16). The summed E-state index contributed by atoms with van der Waals surface area (Å²) in [5.41, 5.74) is 1.03. The molecule has 0 fully saturated rings. The molecule has 0 heterocycles. The van der Waals surface area contributed by atoms with E-state index in [4.69, 9.17) is 5.11 Å². The number of aliphatic hydroxyl groups excluding tert-OH is 1. The maximum absolute atomic E-state index is 11.5. The molecule has 1 aromatic rings. The average molecular weight is 222 g/mol. The van der Waals surface area contributed by atoms with Gasteiger partial charge in [0.15, 0.2) is 0 Å². The van der Waals surface area contributed by atoms with Crippen LogP contribution in [-0.4, -0.2) is 37.3 Å². The van der Waals surface area contributed by atoms with Gasteiger partial charge in [-0.2, -0.15) is 0 Å². The van der Waals surface area contributed by atoms with Crippen LogP contribution in [0.3, 0.4) is 0 Å². The lowest BCUT2D eigenvalue weighted by molar-refractivity contribution is -0.119. The van der Waals surface area contributed by atoms with E-state index in [9.17, 15) is 4.79 Å². The van der Waals surface area contributed by atoms with E-state index in [0.29, 0.717) is 13.1 Å². The molecular weight excluding hydrogens is 204 g/mol. The molecule has 0 unspecified atom stereocenters. The van der Waals surface area contributed by atoms with Crippen LogP contribution < -0.4 is 10.2 Å². The lowest BCUT2D eigenvalue weighted by Gasteiger charge is -2.22. The molecule has 16 heavy (non-hydrogen) atoms. The van der Waals surface area contributed by atoms with Crippen molar-refractivity contribution in [3.8, 4) is 0 Å². The summed E-state index contributed by atoms with van der Waals surface area (Å²) in [6.07, 6.45) is 0. The van der Waals surface area contributed by atoms with Crippen molar-refractivity contribution in [3.63, 3.8) is 0 Å². The van der Waals surface area contributed by atoms with Gasteiger partial charge in [0.25, 0.3) is 0 Å². The van der Waals surface area contributed by atoms with Gasteiger partial charge < -0.3 is 15.3 Å². The smallest absolute Gasteiger partial charge is 0.239 e. The van der Waals surface area contributed by atoms with Gasteiger partial charge in [-0.05, 0) is 19.1 Å². The summed E-state index contributed by atoms with van der Waals surface area (Å²) in [4.78, 5) is 13.5. The molecule has 1 rings (SSSR count). The highest BCUT2D eigenvalue weighted by molar-refractivity contribution is 5.81. The Morgan fingerprint density at radius 1 is 1.38 bits per heavy atom. The Hall–Kier alpha value is -1.55. The van der Waals surface area contributed by atoms with Crippen LogP contribution in [0.1, 0.15) is 6.92 Å². The lowest BCUT2D eigenvalue weighted by atomic mass is 10.3. The maximum Gasteiger partial charge on any atom is 0.239 e. The average Bonchev–Trinajstić information content (AvgIpc) is 2.34. The molecule has 0 saturated carbocycles. The summed E-state index contributed by atoms with van der Waals surface area (Å²) < 4.78 is 0. The second kappa shape index (κ2) is 6.85. The summed E-state index contributed by atoms with van der Waals surface area (Å²) >= 11 is 0. The van der Waals surface area contributed by atoms with Gasteiger partial charge in [-0.1, -0.05) is 18.2 Å². The van der Waals surface area contributed by atoms with Crippen LogP contribution in [0.15, 0.2) is 30.3 Å². The van der Waals surface area contributed by atoms with Crippen molar-refractivity contribution < 1.29 is 9.90 Å². The fraction of sp³-hybridized carbons (Fsp3) is 0.417. The Balaban J connectivity index is 2.52. The molecule has 0 aliphatic carbocycles. The minimum absolute atomic E-state index is 0.0246. The third-order valence-corrected chi connectivity index (χ3v) is 2.27. The third-order valence-electron chi connectivity index (χ3n) is 2.27. The maximum atomic E-state index is 11.5. The molecule has 4 heteroatoms. The number of carbonyl (C=O) groups is 1. The number of carbonyl (C=O) groups excluding carboxylic acids is 1. The van der Waals surface area contributed by atoms with Crippen molar-refractivity contribution in [3.05, 3.63) is 30.3 Å². The highest BCUT2D eigenvalue weighted by Crippen LogP contribution is 2.11. The number of nitrogens with zero attached hydrogens (tertiary/aromatic N) is 1. The molecule has 0 aliphatic rings. The quantitative estimate of drug-likeness (QED) is 0.742. The molecule has 1 amide bonds. The number of aliphatic hydroxyl groups is 1. The number of rotatable bonds is 6. The monoisotopic (exact) mass is 222 g/mol. The van der Waals surface area contributed by atoms with Crippen molar-refractivity contribution in [1.29, 1.82) is 0 Å². The van der Waals surface area contributed by atoms with Gasteiger partial charge >= 0.3 is 0 Å². The van der Waals surface area contributed by atoms with Gasteiger partial charge in [0.1, 0.15) is 0 Å². The lowest BCUT2D eigenvalue weighted by Crippen LogP contribution is -2.38. The van der Waals surface area contributed by atoms with Crippen molar-refractivity contribution in [2.24, 2.45) is 0 Å². The van der Waals surface area contributed by atoms with E-state index in [0.717, 1.165) is 12.2 Å². The molecule has 2 N–H and O–H groups in total. The number of likely N-dealkylation sites (N-methyl/N-ethyl adjacent to an activating group) is 1. The number of para-hydroxylation sites is 1. The predicted octanol–water partition coefficient (Wildman–Crippen LogP) is 0.621. The summed E-state index contributed by atoms with van der Waals surface area (Å²) in [5, 5.41) is 11.2. The number of anilines is 1. The number of hydrogen-bond acceptors (Lipinski definition) is 3. The van der Waals surface area contributed by atoms with Crippen molar-refractivity contribution in [2.45, 2.75) is 6.92 Å². The van der Waals surface area contributed by atoms with Gasteiger partial charge in [0.2, 0.25) is 5.91 Å². The minimum Gasteiger partial charge on any atom is -0.395 e. The van der Waals surface area contributed by atoms with Gasteiger partial charge in [-0.25, -0.2) is 0 Å². The first-order chi connectivity index (χ1) is 7.77. The van der Waals surface area contributed by atoms with E-state index in [1.54, 1.807) is 0 Å². The fourth-order valence-electron chi connectivity index (χ4n) is 1.45. The molecule has 0 aliphatic heterocycles. The Morgan fingerprint density at radius 3 is 2.62 bits per heavy atom. The second-order valence-corrected chi connectivity index (χ2v) is 3.42. The van der Waals surface area contributed by atoms with Crippen LogP contribution in [0, 0.1) is 0 Å². The first-order valence-electron chi connectivity index (χ1n) is 5.45. The Bertz CT molecular complexity index is 314. The van der Waals surface area contributed by atoms with Crippen molar-refractivity contribution in [2.75, 3.05) is 31.1 Å². The van der Waals surface area contributed by atoms with E-state index in [-0.39, 0.29) is 12.5 Å². The summed E-state index contributed by atoms with van der Waals surface area (Å²) in [5.74, 6) is -0.0697. The number of nitrogens with one attached hydrogen (secondary N) is 1. The fourth-order valence-corrected chi connectivity index (χ4v) is 1.45. The van der Waals surface area contributed by atoms with Crippen LogP contribution in [-0.2, 0) is 4.79 Å². The summed E-state index contributed by atoms with van der Waals surface area (Å²) in [6.45, 7) is 3.39. The number of hydrogen-bond donors (Lipinski definition) is 2. The van der Waals surface area contributed by atoms with E-state index >= 15 is 0 Å². The normalized spacial score (nSPS) is 9.88. The molecule has 0 aromatic heterocycles. The van der Waals surface area contributed by atoms with Gasteiger partial charge in [0, 0.05) is 18.8 Å². The Labute approximate surface area is 95.9 Å². The van der Waals surface area contributed by atoms with Crippen LogP contribution in [0.25, 0.3) is 0 Å². The van der Waals surface area contributed by atoms with Crippen molar-refractivity contribution >= 4 is 11.6 Å². The van der Waals surface area contributed by atoms with E-state index in [2.05, 4.69) is 5.32 Å². The molecule has 0 radical (unpaired) electrons. The SMILES string of the molecule is CCN(CC(=O)NCCO)c1ccccc1. The first kappa shape index (κ1) is 12.5. The summed E-state index contributed by atoms with van der Waals surface area (Å²) in [7, 11) is 0. The molecular formula is C12H18N2O2. The van der Waals surface area contributed by atoms with Gasteiger partial charge in [-0.15, -0.1) is 0 Å². The first-order valence-corrected chi connectivity index (χ1v) is 5.45. The van der Waals surface area contributed by atoms with Gasteiger partial charge in [-0.3, -0.25) is 4.79 Å². The highest BCUT2D eigenvalue weighted by atomic mass is 16.3. The zero-order valence-corrected chi connectivity index (χ0v) is 9.52. The van der Waals surface area contributed by atoms with E-state index in [1.165, 1.54) is 0 Å². The Morgan fingerprint density at radius 2 is 2.06 bits per heavy atom. The number of benzene rings is 1. The Kier molecular flexibility index (Phi) is 5.36.